The lowest BCUT2D eigenvalue weighted by atomic mass is 9.93. The topological polar surface area (TPSA) is 61.4 Å². The van der Waals surface area contributed by atoms with Crippen LogP contribution in [0.5, 0.6) is 0 Å². The Kier molecular flexibility index (Phi) is 9.37. The molecule has 1 aliphatic heterocycles. The zero-order valence-electron chi connectivity index (χ0n) is 21.9. The molecule has 1 fully saturated rings. The van der Waals surface area contributed by atoms with E-state index in [0.717, 1.165) is 0 Å². The molecule has 0 radical (unpaired) electrons. The van der Waals surface area contributed by atoms with Crippen LogP contribution >= 0.6 is 0 Å². The second-order valence-electron chi connectivity index (χ2n) is 9.97. The number of ketones is 1. The van der Waals surface area contributed by atoms with Crippen LogP contribution < -0.4 is 10.6 Å². The predicted octanol–water partition coefficient (Wildman–Crippen LogP) is 7.25. The van der Waals surface area contributed by atoms with Crippen molar-refractivity contribution in [1.29, 1.82) is 0 Å². The third-order valence-electron chi connectivity index (χ3n) is 6.99. The lowest BCUT2D eigenvalue weighted by molar-refractivity contribution is -0.143. The van der Waals surface area contributed by atoms with Gasteiger partial charge in [0.05, 0.1) is 17.2 Å². The van der Waals surface area contributed by atoms with Gasteiger partial charge in [-0.25, -0.2) is 4.79 Å². The fourth-order valence-corrected chi connectivity index (χ4v) is 4.98. The van der Waals surface area contributed by atoms with Gasteiger partial charge >= 0.3 is 18.4 Å². The average molecular weight is 578 g/mol. The van der Waals surface area contributed by atoms with Crippen molar-refractivity contribution in [3.63, 3.8) is 0 Å². The molecule has 1 saturated heterocycles. The maximum atomic E-state index is 13.5. The molecule has 2 amide bonds. The Hall–Kier alpha value is -3.86. The van der Waals surface area contributed by atoms with Crippen LogP contribution in [0.3, 0.4) is 0 Å². The molecule has 3 aromatic rings. The van der Waals surface area contributed by atoms with Crippen molar-refractivity contribution in [2.45, 2.75) is 50.1 Å². The summed E-state index contributed by atoms with van der Waals surface area (Å²) in [4.78, 5) is 27.8. The van der Waals surface area contributed by atoms with E-state index in [1.54, 1.807) is 54.6 Å². The summed E-state index contributed by atoms with van der Waals surface area (Å²) in [6, 6.07) is 18.0. The molecule has 2 N–H and O–H groups in total. The number of likely N-dealkylation sites (tertiary alicyclic amines) is 1. The summed E-state index contributed by atoms with van der Waals surface area (Å²) in [5.41, 5.74) is -1.67. The van der Waals surface area contributed by atoms with Crippen molar-refractivity contribution in [2.24, 2.45) is 0 Å². The first-order chi connectivity index (χ1) is 19.4. The summed E-state index contributed by atoms with van der Waals surface area (Å²) in [6.07, 6.45) is -9.31. The van der Waals surface area contributed by atoms with Crippen LogP contribution in [0.4, 0.5) is 36.8 Å². The number of amides is 2. The van der Waals surface area contributed by atoms with Crippen LogP contribution in [0.15, 0.2) is 78.9 Å². The Morgan fingerprint density at radius 1 is 0.805 bits per heavy atom. The number of para-hydroxylation sites is 1. The number of nitrogens with one attached hydrogen (secondary N) is 2. The number of Topliss-reactive ketones (excluding diaryl/α,β-unsaturated/α-hetero) is 1. The summed E-state index contributed by atoms with van der Waals surface area (Å²) in [5.74, 6) is -0.310. The van der Waals surface area contributed by atoms with Gasteiger partial charge in [-0.1, -0.05) is 48.5 Å². The largest absolute Gasteiger partial charge is 0.416 e. The van der Waals surface area contributed by atoms with Gasteiger partial charge in [0.2, 0.25) is 0 Å². The number of benzene rings is 3. The maximum absolute atomic E-state index is 13.5. The Morgan fingerprint density at radius 2 is 1.34 bits per heavy atom. The van der Waals surface area contributed by atoms with E-state index < -0.39 is 29.5 Å². The molecule has 11 heteroatoms. The molecule has 3 aromatic carbocycles. The standard InChI is InChI=1S/C30H29F6N3O2/c31-29(32,33)22-17-20(18-23(19-22)30(34,35)36)11-12-26(40)27(21-7-3-1-4-8-21)39-15-13-25(14-16-39)38-28(41)37-24-9-5-2-6-10-24/h1-10,17-19,25,27H,11-16H2,(H2,37,38,41). The van der Waals surface area contributed by atoms with Crippen LogP contribution in [-0.4, -0.2) is 35.8 Å². The molecule has 1 aliphatic rings. The van der Waals surface area contributed by atoms with Gasteiger partial charge in [0.25, 0.3) is 0 Å². The Labute approximate surface area is 233 Å². The minimum absolute atomic E-state index is 0.0798. The number of rotatable bonds is 8. The average Bonchev–Trinajstić information content (AvgIpc) is 2.93. The molecule has 1 unspecified atom stereocenters. The number of alkyl halides is 6. The van der Waals surface area contributed by atoms with Crippen molar-refractivity contribution in [2.75, 3.05) is 18.4 Å². The Morgan fingerprint density at radius 3 is 1.88 bits per heavy atom. The first-order valence-corrected chi connectivity index (χ1v) is 13.1. The third-order valence-corrected chi connectivity index (χ3v) is 6.99. The van der Waals surface area contributed by atoms with Gasteiger partial charge < -0.3 is 10.6 Å². The minimum atomic E-state index is -4.96. The fourth-order valence-electron chi connectivity index (χ4n) is 4.98. The van der Waals surface area contributed by atoms with Gasteiger partial charge in [-0.05, 0) is 60.7 Å². The zero-order chi connectivity index (χ0) is 29.6. The number of nitrogens with zero attached hydrogens (tertiary/aromatic N) is 1. The first kappa shape index (κ1) is 30.1. The third kappa shape index (κ3) is 8.32. The molecule has 4 rings (SSSR count). The summed E-state index contributed by atoms with van der Waals surface area (Å²) >= 11 is 0. The number of aryl methyl sites for hydroxylation is 1. The van der Waals surface area contributed by atoms with Gasteiger partial charge in [0.15, 0.2) is 5.78 Å². The van der Waals surface area contributed by atoms with Crippen LogP contribution in [0.25, 0.3) is 0 Å². The highest BCUT2D eigenvalue weighted by atomic mass is 19.4. The molecular formula is C30H29F6N3O2. The number of anilines is 1. The smallest absolute Gasteiger partial charge is 0.335 e. The molecule has 0 aliphatic carbocycles. The molecule has 5 nitrogen and oxygen atoms in total. The van der Waals surface area contributed by atoms with Crippen molar-refractivity contribution in [3.8, 4) is 0 Å². The van der Waals surface area contributed by atoms with Gasteiger partial charge in [-0.15, -0.1) is 0 Å². The Balaban J connectivity index is 1.43. The highest BCUT2D eigenvalue weighted by molar-refractivity contribution is 5.89. The number of urea groups is 1. The molecule has 0 saturated carbocycles. The van der Waals surface area contributed by atoms with Gasteiger partial charge in [-0.3, -0.25) is 9.69 Å². The van der Waals surface area contributed by atoms with E-state index >= 15 is 0 Å². The SMILES string of the molecule is O=C(Nc1ccccc1)NC1CCN(C(C(=O)CCc2cc(C(F)(F)F)cc(C(F)(F)F)c2)c2ccccc2)CC1. The van der Waals surface area contributed by atoms with E-state index in [0.29, 0.717) is 49.3 Å². The molecule has 1 heterocycles. The van der Waals surface area contributed by atoms with E-state index in [1.807, 2.05) is 11.0 Å². The van der Waals surface area contributed by atoms with E-state index in [2.05, 4.69) is 10.6 Å². The summed E-state index contributed by atoms with van der Waals surface area (Å²) in [5, 5.41) is 5.70. The fraction of sp³-hybridized carbons (Fsp3) is 0.333. The second kappa shape index (κ2) is 12.8. The van der Waals surface area contributed by atoms with Gasteiger partial charge in [0.1, 0.15) is 0 Å². The monoisotopic (exact) mass is 577 g/mol. The molecule has 218 valence electrons. The van der Waals surface area contributed by atoms with E-state index in [4.69, 9.17) is 0 Å². The quantitative estimate of drug-likeness (QED) is 0.277. The zero-order valence-corrected chi connectivity index (χ0v) is 21.9. The van der Waals surface area contributed by atoms with Crippen molar-refractivity contribution in [3.05, 3.63) is 101 Å². The van der Waals surface area contributed by atoms with Crippen LogP contribution in [-0.2, 0) is 23.6 Å². The van der Waals surface area contributed by atoms with Crippen LogP contribution in [0.2, 0.25) is 0 Å². The minimum Gasteiger partial charge on any atom is -0.335 e. The van der Waals surface area contributed by atoms with Crippen LogP contribution in [0.1, 0.15) is 47.6 Å². The number of carbonyl (C=O) groups excluding carboxylic acids is 2. The van der Waals surface area contributed by atoms with E-state index in [1.165, 1.54) is 0 Å². The van der Waals surface area contributed by atoms with Crippen molar-refractivity contribution >= 4 is 17.5 Å². The highest BCUT2D eigenvalue weighted by Crippen LogP contribution is 2.37. The predicted molar refractivity (Wildman–Crippen MR) is 142 cm³/mol. The molecule has 1 atom stereocenters. The highest BCUT2D eigenvalue weighted by Gasteiger charge is 2.37. The second-order valence-corrected chi connectivity index (χ2v) is 9.97. The lowest BCUT2D eigenvalue weighted by Crippen LogP contribution is -2.48. The number of carbonyl (C=O) groups is 2. The van der Waals surface area contributed by atoms with Crippen molar-refractivity contribution in [1.82, 2.24) is 10.2 Å². The number of halogens is 6. The summed E-state index contributed by atoms with van der Waals surface area (Å²) in [7, 11) is 0. The van der Waals surface area contributed by atoms with Gasteiger partial charge in [-0.2, -0.15) is 26.3 Å². The molecule has 0 aromatic heterocycles. The molecule has 0 bridgehead atoms. The molecule has 41 heavy (non-hydrogen) atoms. The summed E-state index contributed by atoms with van der Waals surface area (Å²) < 4.78 is 79.7. The normalized spacial score (nSPS) is 15.8. The molecule has 0 spiro atoms. The van der Waals surface area contributed by atoms with E-state index in [9.17, 15) is 35.9 Å². The van der Waals surface area contributed by atoms with E-state index in [-0.39, 0.29) is 42.3 Å². The lowest BCUT2D eigenvalue weighted by Gasteiger charge is -2.37. The molecular weight excluding hydrogens is 548 g/mol. The van der Waals surface area contributed by atoms with Crippen LogP contribution in [0, 0.1) is 0 Å². The van der Waals surface area contributed by atoms with Gasteiger partial charge in [0, 0.05) is 31.2 Å². The maximum Gasteiger partial charge on any atom is 0.416 e. The Bertz CT molecular complexity index is 1290. The van der Waals surface area contributed by atoms with Crippen molar-refractivity contribution < 1.29 is 35.9 Å². The number of piperidine rings is 1. The number of hydrogen-bond acceptors (Lipinski definition) is 3. The number of hydrogen-bond donors (Lipinski definition) is 2. The first-order valence-electron chi connectivity index (χ1n) is 13.1. The summed E-state index contributed by atoms with van der Waals surface area (Å²) in [6.45, 7) is 0.923.